The normalized spacial score (nSPS) is 12.0. The largest absolute Gasteiger partial charge is 0.480 e. The van der Waals surface area contributed by atoms with Gasteiger partial charge in [-0.05, 0) is 19.5 Å². The molecule has 0 bridgehead atoms. The van der Waals surface area contributed by atoms with Crippen LogP contribution in [0.2, 0.25) is 0 Å². The second-order valence-corrected chi connectivity index (χ2v) is 5.45. The van der Waals surface area contributed by atoms with Gasteiger partial charge < -0.3 is 15.7 Å². The highest BCUT2D eigenvalue weighted by Gasteiger charge is 2.22. The predicted octanol–water partition coefficient (Wildman–Crippen LogP) is 0.296. The first-order valence-electron chi connectivity index (χ1n) is 7.34. The number of primary amides is 1. The van der Waals surface area contributed by atoms with Gasteiger partial charge in [-0.25, -0.2) is 0 Å². The number of rotatable bonds is 9. The monoisotopic (exact) mass is 321 g/mol. The van der Waals surface area contributed by atoms with Gasteiger partial charge >= 0.3 is 5.97 Å². The lowest BCUT2D eigenvalue weighted by Gasteiger charge is -2.27. The number of likely N-dealkylation sites (N-methyl/N-ethyl adjacent to an activating group) is 1. The zero-order valence-electron chi connectivity index (χ0n) is 13.4. The van der Waals surface area contributed by atoms with Crippen LogP contribution in [0.5, 0.6) is 0 Å². The Morgan fingerprint density at radius 1 is 1.22 bits per heavy atom. The lowest BCUT2D eigenvalue weighted by Crippen LogP contribution is -2.44. The Labute approximate surface area is 135 Å². The summed E-state index contributed by atoms with van der Waals surface area (Å²) in [5.41, 5.74) is 6.09. The quantitative estimate of drug-likeness (QED) is 0.680. The molecule has 126 valence electrons. The number of aliphatic carboxylic acids is 1. The summed E-state index contributed by atoms with van der Waals surface area (Å²) in [6.07, 6.45) is 0.0662. The van der Waals surface area contributed by atoms with Crippen LogP contribution in [0.1, 0.15) is 18.9 Å². The molecule has 3 N–H and O–H groups in total. The Kier molecular flexibility index (Phi) is 7.21. The van der Waals surface area contributed by atoms with Crippen molar-refractivity contribution in [3.8, 4) is 0 Å². The van der Waals surface area contributed by atoms with Crippen molar-refractivity contribution in [3.63, 3.8) is 0 Å². The van der Waals surface area contributed by atoms with Gasteiger partial charge in [0, 0.05) is 19.5 Å². The summed E-state index contributed by atoms with van der Waals surface area (Å²) >= 11 is 0. The maximum Gasteiger partial charge on any atom is 0.320 e. The van der Waals surface area contributed by atoms with Gasteiger partial charge in [0.1, 0.15) is 6.04 Å². The standard InChI is InChI=1S/C16H23N3O4/c1-12(16(22)23)18(2)11-15(21)19(9-8-14(17)20)10-13-6-4-3-5-7-13/h3-7,12H,8-11H2,1-2H3,(H2,17,20)(H,22,23). The molecule has 7 heteroatoms. The second-order valence-electron chi connectivity index (χ2n) is 5.45. The lowest BCUT2D eigenvalue weighted by molar-refractivity contribution is -0.143. The molecule has 1 aromatic rings. The summed E-state index contributed by atoms with van der Waals surface area (Å²) in [5, 5.41) is 8.99. The summed E-state index contributed by atoms with van der Waals surface area (Å²) in [5.74, 6) is -1.72. The van der Waals surface area contributed by atoms with E-state index in [0.717, 1.165) is 5.56 Å². The molecule has 1 rings (SSSR count). The summed E-state index contributed by atoms with van der Waals surface area (Å²) in [6, 6.07) is 8.60. The molecule has 0 heterocycles. The van der Waals surface area contributed by atoms with Crippen molar-refractivity contribution in [1.82, 2.24) is 9.80 Å². The average molecular weight is 321 g/mol. The number of nitrogens with two attached hydrogens (primary N) is 1. The third-order valence-corrected chi connectivity index (χ3v) is 3.60. The molecular weight excluding hydrogens is 298 g/mol. The number of carbonyl (C=O) groups is 3. The number of carboxylic acids is 1. The third-order valence-electron chi connectivity index (χ3n) is 3.60. The van der Waals surface area contributed by atoms with Crippen molar-refractivity contribution in [2.24, 2.45) is 5.73 Å². The smallest absolute Gasteiger partial charge is 0.320 e. The van der Waals surface area contributed by atoms with Gasteiger partial charge in [-0.2, -0.15) is 0 Å². The maximum atomic E-state index is 12.4. The van der Waals surface area contributed by atoms with Crippen LogP contribution in [0.4, 0.5) is 0 Å². The third kappa shape index (κ3) is 6.48. The van der Waals surface area contributed by atoms with Crippen LogP contribution >= 0.6 is 0 Å². The van der Waals surface area contributed by atoms with E-state index in [1.807, 2.05) is 30.3 Å². The van der Waals surface area contributed by atoms with E-state index in [2.05, 4.69) is 0 Å². The number of hydrogen-bond acceptors (Lipinski definition) is 4. The molecule has 0 aromatic heterocycles. The van der Waals surface area contributed by atoms with Crippen molar-refractivity contribution in [2.75, 3.05) is 20.1 Å². The Morgan fingerprint density at radius 2 is 1.83 bits per heavy atom. The van der Waals surface area contributed by atoms with Crippen molar-refractivity contribution in [1.29, 1.82) is 0 Å². The predicted molar refractivity (Wildman–Crippen MR) is 85.4 cm³/mol. The van der Waals surface area contributed by atoms with E-state index in [1.54, 1.807) is 7.05 Å². The number of nitrogens with zero attached hydrogens (tertiary/aromatic N) is 2. The molecule has 0 saturated heterocycles. The first-order valence-corrected chi connectivity index (χ1v) is 7.34. The SMILES string of the molecule is CC(C(=O)O)N(C)CC(=O)N(CCC(N)=O)Cc1ccccc1. The van der Waals surface area contributed by atoms with Crippen LogP contribution in [0.25, 0.3) is 0 Å². The first-order chi connectivity index (χ1) is 10.8. The van der Waals surface area contributed by atoms with E-state index in [9.17, 15) is 14.4 Å². The molecule has 2 amide bonds. The average Bonchev–Trinajstić information content (AvgIpc) is 2.51. The van der Waals surface area contributed by atoms with Crippen LogP contribution in [0.15, 0.2) is 30.3 Å². The van der Waals surface area contributed by atoms with Crippen molar-refractivity contribution < 1.29 is 19.5 Å². The van der Waals surface area contributed by atoms with E-state index in [-0.39, 0.29) is 25.4 Å². The highest BCUT2D eigenvalue weighted by molar-refractivity contribution is 5.81. The van der Waals surface area contributed by atoms with Gasteiger partial charge in [0.15, 0.2) is 0 Å². The summed E-state index contributed by atoms with van der Waals surface area (Å²) in [6.45, 7) is 2.03. The van der Waals surface area contributed by atoms with Crippen molar-refractivity contribution in [3.05, 3.63) is 35.9 Å². The Balaban J connectivity index is 2.75. The Morgan fingerprint density at radius 3 is 2.35 bits per heavy atom. The van der Waals surface area contributed by atoms with Crippen LogP contribution in [-0.4, -0.2) is 58.9 Å². The molecule has 1 aromatic carbocycles. The van der Waals surface area contributed by atoms with Crippen LogP contribution in [-0.2, 0) is 20.9 Å². The second kappa shape index (κ2) is 8.89. The minimum absolute atomic E-state index is 0.0426. The number of carboxylic acid groups (broad SMARTS) is 1. The molecular formula is C16H23N3O4. The molecule has 0 aliphatic heterocycles. The first kappa shape index (κ1) is 18.6. The van der Waals surface area contributed by atoms with E-state index in [1.165, 1.54) is 16.7 Å². The molecule has 0 spiro atoms. The lowest BCUT2D eigenvalue weighted by atomic mass is 10.2. The highest BCUT2D eigenvalue weighted by Crippen LogP contribution is 2.07. The van der Waals surface area contributed by atoms with Crippen molar-refractivity contribution in [2.45, 2.75) is 25.9 Å². The number of amides is 2. The fourth-order valence-corrected chi connectivity index (χ4v) is 1.98. The molecule has 0 aliphatic rings. The number of hydrogen-bond donors (Lipinski definition) is 2. The molecule has 23 heavy (non-hydrogen) atoms. The molecule has 1 atom stereocenters. The van der Waals surface area contributed by atoms with Gasteiger partial charge in [-0.3, -0.25) is 19.3 Å². The maximum absolute atomic E-state index is 12.4. The fourth-order valence-electron chi connectivity index (χ4n) is 1.98. The molecule has 0 saturated carbocycles. The van der Waals surface area contributed by atoms with Crippen LogP contribution in [0, 0.1) is 0 Å². The van der Waals surface area contributed by atoms with Gasteiger partial charge in [0.2, 0.25) is 11.8 Å². The summed E-state index contributed by atoms with van der Waals surface area (Å²) in [7, 11) is 1.57. The zero-order valence-corrected chi connectivity index (χ0v) is 13.4. The van der Waals surface area contributed by atoms with E-state index < -0.39 is 17.9 Å². The molecule has 0 fully saturated rings. The fraction of sp³-hybridized carbons (Fsp3) is 0.438. The number of carbonyl (C=O) groups excluding carboxylic acids is 2. The minimum Gasteiger partial charge on any atom is -0.480 e. The Hall–Kier alpha value is -2.41. The summed E-state index contributed by atoms with van der Waals surface area (Å²) < 4.78 is 0. The Bertz CT molecular complexity index is 548. The van der Waals surface area contributed by atoms with Gasteiger partial charge in [0.05, 0.1) is 6.54 Å². The minimum atomic E-state index is -0.993. The molecule has 0 radical (unpaired) electrons. The number of benzene rings is 1. The van der Waals surface area contributed by atoms with Crippen LogP contribution in [0.3, 0.4) is 0 Å². The van der Waals surface area contributed by atoms with Gasteiger partial charge in [-0.15, -0.1) is 0 Å². The topological polar surface area (TPSA) is 104 Å². The van der Waals surface area contributed by atoms with Gasteiger partial charge in [-0.1, -0.05) is 30.3 Å². The van der Waals surface area contributed by atoms with Crippen LogP contribution < -0.4 is 5.73 Å². The zero-order chi connectivity index (χ0) is 17.4. The molecule has 0 aliphatic carbocycles. The summed E-state index contributed by atoms with van der Waals surface area (Å²) in [4.78, 5) is 37.4. The molecule has 1 unspecified atom stereocenters. The molecule has 7 nitrogen and oxygen atoms in total. The van der Waals surface area contributed by atoms with E-state index in [0.29, 0.717) is 6.54 Å². The van der Waals surface area contributed by atoms with E-state index >= 15 is 0 Å². The van der Waals surface area contributed by atoms with Crippen molar-refractivity contribution >= 4 is 17.8 Å². The highest BCUT2D eigenvalue weighted by atomic mass is 16.4. The van der Waals surface area contributed by atoms with Gasteiger partial charge in [0.25, 0.3) is 0 Å². The van der Waals surface area contributed by atoms with E-state index in [4.69, 9.17) is 10.8 Å².